The number of carbonyl (C=O) groups is 2. The second kappa shape index (κ2) is 7.48. The summed E-state index contributed by atoms with van der Waals surface area (Å²) in [6.45, 7) is 2.56. The van der Waals surface area contributed by atoms with Gasteiger partial charge in [0.25, 0.3) is 0 Å². The lowest BCUT2D eigenvalue weighted by Gasteiger charge is -2.39. The zero-order valence-electron chi connectivity index (χ0n) is 16.2. The van der Waals surface area contributed by atoms with E-state index in [1.807, 2.05) is 35.2 Å². The molecule has 1 aromatic rings. The molecule has 0 saturated carbocycles. The van der Waals surface area contributed by atoms with E-state index in [1.165, 1.54) is 0 Å². The van der Waals surface area contributed by atoms with E-state index in [0.29, 0.717) is 32.6 Å². The maximum Gasteiger partial charge on any atom is 0.228 e. The Morgan fingerprint density at radius 2 is 1.75 bits per heavy atom. The summed E-state index contributed by atoms with van der Waals surface area (Å²) in [5.74, 6) is 0.177. The van der Waals surface area contributed by atoms with E-state index < -0.39 is 9.84 Å². The van der Waals surface area contributed by atoms with Gasteiger partial charge in [-0.05, 0) is 12.0 Å². The van der Waals surface area contributed by atoms with Crippen molar-refractivity contribution in [1.82, 2.24) is 14.7 Å². The molecule has 0 bridgehead atoms. The van der Waals surface area contributed by atoms with Crippen molar-refractivity contribution in [3.8, 4) is 0 Å². The number of hydrogen-bond donors (Lipinski definition) is 0. The number of likely N-dealkylation sites (tertiary alicyclic amines) is 1. The van der Waals surface area contributed by atoms with Crippen LogP contribution in [0.25, 0.3) is 0 Å². The number of nitrogens with zero attached hydrogens (tertiary/aromatic N) is 3. The van der Waals surface area contributed by atoms with Crippen LogP contribution in [0.3, 0.4) is 0 Å². The summed E-state index contributed by atoms with van der Waals surface area (Å²) in [6, 6.07) is 9.60. The van der Waals surface area contributed by atoms with Crippen molar-refractivity contribution >= 4 is 21.7 Å². The van der Waals surface area contributed by atoms with Crippen molar-refractivity contribution in [2.75, 3.05) is 44.7 Å². The summed E-state index contributed by atoms with van der Waals surface area (Å²) in [4.78, 5) is 31.3. The maximum atomic E-state index is 13.2. The fraction of sp³-hybridized carbons (Fsp3) is 0.600. The van der Waals surface area contributed by atoms with Crippen LogP contribution in [0.4, 0.5) is 0 Å². The maximum absolute atomic E-state index is 13.2. The van der Waals surface area contributed by atoms with Gasteiger partial charge in [0, 0.05) is 45.7 Å². The fourth-order valence-electron chi connectivity index (χ4n) is 4.80. The summed E-state index contributed by atoms with van der Waals surface area (Å²) in [5, 5.41) is 0. The molecule has 3 saturated heterocycles. The second-order valence-corrected chi connectivity index (χ2v) is 10.3. The molecular formula is C20H27N3O4S. The molecule has 8 heteroatoms. The first-order valence-electron chi connectivity index (χ1n) is 9.89. The van der Waals surface area contributed by atoms with Gasteiger partial charge in [0.15, 0.2) is 9.84 Å². The topological polar surface area (TPSA) is 78.0 Å². The highest BCUT2D eigenvalue weighted by atomic mass is 32.2. The Bertz CT molecular complexity index is 849. The molecule has 3 heterocycles. The standard InChI is InChI=1S/C20H27N3O4S/c1-21-18(24)13-17(19(21)15-5-3-2-4-6-15)20(25)23-10-8-22(9-11-23)16-7-12-28(26,27)14-16/h2-6,16-17,19H,7-14H2,1H3/t16-,17+,19+/m1/s1. The predicted octanol–water partition coefficient (Wildman–Crippen LogP) is 0.537. The average molecular weight is 406 g/mol. The lowest BCUT2D eigenvalue weighted by atomic mass is 9.92. The number of sulfone groups is 1. The lowest BCUT2D eigenvalue weighted by molar-refractivity contribution is -0.138. The first kappa shape index (κ1) is 19.4. The van der Waals surface area contributed by atoms with E-state index in [9.17, 15) is 18.0 Å². The lowest BCUT2D eigenvalue weighted by Crippen LogP contribution is -2.53. The molecule has 0 aliphatic carbocycles. The van der Waals surface area contributed by atoms with Crippen molar-refractivity contribution < 1.29 is 18.0 Å². The van der Waals surface area contributed by atoms with Crippen molar-refractivity contribution in [3.63, 3.8) is 0 Å². The smallest absolute Gasteiger partial charge is 0.228 e. The number of rotatable bonds is 3. The third-order valence-electron chi connectivity index (χ3n) is 6.40. The van der Waals surface area contributed by atoms with Gasteiger partial charge in [0.2, 0.25) is 11.8 Å². The molecule has 3 aliphatic rings. The van der Waals surface area contributed by atoms with Gasteiger partial charge in [-0.1, -0.05) is 30.3 Å². The molecular weight excluding hydrogens is 378 g/mol. The summed E-state index contributed by atoms with van der Waals surface area (Å²) in [6.07, 6.45) is 0.935. The highest BCUT2D eigenvalue weighted by molar-refractivity contribution is 7.91. The molecule has 1 aromatic carbocycles. The summed E-state index contributed by atoms with van der Waals surface area (Å²) in [5.41, 5.74) is 0.990. The van der Waals surface area contributed by atoms with Crippen LogP contribution in [-0.2, 0) is 19.4 Å². The number of hydrogen-bond acceptors (Lipinski definition) is 5. The average Bonchev–Trinajstić information content (AvgIpc) is 3.21. The van der Waals surface area contributed by atoms with Crippen molar-refractivity contribution in [2.24, 2.45) is 5.92 Å². The third kappa shape index (κ3) is 3.67. The third-order valence-corrected chi connectivity index (χ3v) is 8.15. The Kier molecular flexibility index (Phi) is 5.18. The van der Waals surface area contributed by atoms with E-state index in [2.05, 4.69) is 4.90 Å². The number of amides is 2. The van der Waals surface area contributed by atoms with Crippen LogP contribution in [0.15, 0.2) is 30.3 Å². The Hall–Kier alpha value is -1.93. The van der Waals surface area contributed by atoms with E-state index in [0.717, 1.165) is 5.56 Å². The Morgan fingerprint density at radius 1 is 1.07 bits per heavy atom. The number of carbonyl (C=O) groups excluding carboxylic acids is 2. The second-order valence-electron chi connectivity index (χ2n) is 8.09. The van der Waals surface area contributed by atoms with Crippen LogP contribution >= 0.6 is 0 Å². The number of benzene rings is 1. The minimum absolute atomic E-state index is 0.00185. The minimum Gasteiger partial charge on any atom is -0.340 e. The Labute approximate surface area is 166 Å². The molecule has 4 rings (SSSR count). The molecule has 0 N–H and O–H groups in total. The Morgan fingerprint density at radius 3 is 2.36 bits per heavy atom. The zero-order chi connectivity index (χ0) is 19.9. The predicted molar refractivity (Wildman–Crippen MR) is 105 cm³/mol. The van der Waals surface area contributed by atoms with E-state index >= 15 is 0 Å². The van der Waals surface area contributed by atoms with Gasteiger partial charge in [0.05, 0.1) is 23.5 Å². The van der Waals surface area contributed by atoms with Crippen LogP contribution < -0.4 is 0 Å². The van der Waals surface area contributed by atoms with Crippen molar-refractivity contribution in [3.05, 3.63) is 35.9 Å². The fourth-order valence-corrected chi connectivity index (χ4v) is 6.56. The normalized spacial score (nSPS) is 30.8. The van der Waals surface area contributed by atoms with E-state index in [4.69, 9.17) is 0 Å². The monoisotopic (exact) mass is 405 g/mol. The van der Waals surface area contributed by atoms with Gasteiger partial charge < -0.3 is 9.80 Å². The molecule has 3 fully saturated rings. The Balaban J connectivity index is 1.42. The molecule has 7 nitrogen and oxygen atoms in total. The zero-order valence-corrected chi connectivity index (χ0v) is 17.0. The molecule has 3 aliphatic heterocycles. The molecule has 0 radical (unpaired) electrons. The van der Waals surface area contributed by atoms with Crippen molar-refractivity contribution in [1.29, 1.82) is 0 Å². The first-order chi connectivity index (χ1) is 13.4. The first-order valence-corrected chi connectivity index (χ1v) is 11.7. The van der Waals surface area contributed by atoms with Gasteiger partial charge in [0.1, 0.15) is 0 Å². The van der Waals surface area contributed by atoms with E-state index in [1.54, 1.807) is 11.9 Å². The molecule has 28 heavy (non-hydrogen) atoms. The van der Waals surface area contributed by atoms with Crippen LogP contribution in [0.5, 0.6) is 0 Å². The molecule has 0 aromatic heterocycles. The highest BCUT2D eigenvalue weighted by Crippen LogP contribution is 2.38. The van der Waals surface area contributed by atoms with Gasteiger partial charge in [-0.15, -0.1) is 0 Å². The minimum atomic E-state index is -2.90. The highest BCUT2D eigenvalue weighted by Gasteiger charge is 2.45. The molecule has 2 amide bonds. The van der Waals surface area contributed by atoms with Crippen LogP contribution in [0.1, 0.15) is 24.4 Å². The van der Waals surface area contributed by atoms with Gasteiger partial charge >= 0.3 is 0 Å². The van der Waals surface area contributed by atoms with Gasteiger partial charge in [-0.3, -0.25) is 14.5 Å². The van der Waals surface area contributed by atoms with E-state index in [-0.39, 0.29) is 47.7 Å². The molecule has 152 valence electrons. The quantitative estimate of drug-likeness (QED) is 0.733. The summed E-state index contributed by atoms with van der Waals surface area (Å²) >= 11 is 0. The SMILES string of the molecule is CN1C(=O)C[C@H](C(=O)N2CCN([C@@H]3CCS(=O)(=O)C3)CC2)[C@@H]1c1ccccc1. The summed E-state index contributed by atoms with van der Waals surface area (Å²) in [7, 11) is -1.13. The number of piperazine rings is 1. The largest absolute Gasteiger partial charge is 0.340 e. The molecule has 3 atom stereocenters. The molecule has 0 spiro atoms. The van der Waals surface area contributed by atoms with Gasteiger partial charge in [-0.25, -0.2) is 8.42 Å². The van der Waals surface area contributed by atoms with Crippen LogP contribution in [-0.4, -0.2) is 85.7 Å². The molecule has 0 unspecified atom stereocenters. The van der Waals surface area contributed by atoms with Gasteiger partial charge in [-0.2, -0.15) is 0 Å². The van der Waals surface area contributed by atoms with Crippen LogP contribution in [0.2, 0.25) is 0 Å². The summed E-state index contributed by atoms with van der Waals surface area (Å²) < 4.78 is 23.5. The van der Waals surface area contributed by atoms with Crippen molar-refractivity contribution in [2.45, 2.75) is 24.9 Å². The van der Waals surface area contributed by atoms with Crippen LogP contribution in [0, 0.1) is 5.92 Å².